The molecule has 1 aliphatic carbocycles. The minimum Gasteiger partial charge on any atom is -0.345 e. The molecule has 18 heavy (non-hydrogen) atoms. The number of halogens is 1. The second kappa shape index (κ2) is 5.65. The van der Waals surface area contributed by atoms with Gasteiger partial charge in [0.15, 0.2) is 0 Å². The summed E-state index contributed by atoms with van der Waals surface area (Å²) in [7, 11) is 0. The summed E-state index contributed by atoms with van der Waals surface area (Å²) in [6.45, 7) is 2.24. The van der Waals surface area contributed by atoms with E-state index in [4.69, 9.17) is 11.6 Å². The average molecular weight is 268 g/mol. The topological polar surface area (TPSA) is 54.9 Å². The zero-order valence-electron chi connectivity index (χ0n) is 10.5. The quantitative estimate of drug-likeness (QED) is 0.856. The van der Waals surface area contributed by atoms with Gasteiger partial charge in [0.1, 0.15) is 0 Å². The Balaban J connectivity index is 2.05. The molecule has 1 saturated carbocycles. The number of amides is 1. The largest absolute Gasteiger partial charge is 0.345 e. The monoisotopic (exact) mass is 267 g/mol. The van der Waals surface area contributed by atoms with Crippen LogP contribution in [0.15, 0.2) is 18.5 Å². The first-order valence-electron chi connectivity index (χ1n) is 6.30. The predicted octanol–water partition coefficient (Wildman–Crippen LogP) is 2.39. The normalized spacial score (nSPS) is 27.8. The van der Waals surface area contributed by atoms with E-state index in [0.29, 0.717) is 11.4 Å². The molecule has 0 bridgehead atoms. The van der Waals surface area contributed by atoms with Gasteiger partial charge in [0, 0.05) is 5.88 Å². The molecule has 5 heteroatoms. The van der Waals surface area contributed by atoms with Crippen molar-refractivity contribution in [2.45, 2.75) is 38.1 Å². The van der Waals surface area contributed by atoms with E-state index >= 15 is 0 Å². The standard InChI is InChI=1S/C13H18ClN3O/c1-10-2-5-13(9-14,6-3-10)17-12(18)11-4-7-15-16-8-11/h4,7-8,10H,2-3,5-6,9H2,1H3,(H,17,18). The van der Waals surface area contributed by atoms with Crippen LogP contribution in [0.25, 0.3) is 0 Å². The minimum atomic E-state index is -0.256. The van der Waals surface area contributed by atoms with Crippen LogP contribution in [0.3, 0.4) is 0 Å². The van der Waals surface area contributed by atoms with Crippen molar-refractivity contribution in [3.8, 4) is 0 Å². The fraction of sp³-hybridized carbons (Fsp3) is 0.615. The lowest BCUT2D eigenvalue weighted by atomic mass is 9.78. The van der Waals surface area contributed by atoms with Gasteiger partial charge in [0.2, 0.25) is 0 Å². The SMILES string of the molecule is CC1CCC(CCl)(NC(=O)c2ccnnc2)CC1. The van der Waals surface area contributed by atoms with E-state index in [0.717, 1.165) is 31.6 Å². The first-order valence-corrected chi connectivity index (χ1v) is 6.84. The summed E-state index contributed by atoms with van der Waals surface area (Å²) in [6, 6.07) is 1.66. The fourth-order valence-corrected chi connectivity index (χ4v) is 2.68. The summed E-state index contributed by atoms with van der Waals surface area (Å²) in [5.41, 5.74) is 0.280. The average Bonchev–Trinajstić information content (AvgIpc) is 2.43. The molecule has 0 radical (unpaired) electrons. The Bertz CT molecular complexity index is 402. The highest BCUT2D eigenvalue weighted by molar-refractivity contribution is 6.19. The van der Waals surface area contributed by atoms with Crippen LogP contribution in [0.4, 0.5) is 0 Å². The van der Waals surface area contributed by atoms with Crippen LogP contribution in [0.2, 0.25) is 0 Å². The van der Waals surface area contributed by atoms with Gasteiger partial charge in [-0.1, -0.05) is 6.92 Å². The van der Waals surface area contributed by atoms with Crippen molar-refractivity contribution in [2.75, 3.05) is 5.88 Å². The second-order valence-electron chi connectivity index (χ2n) is 5.18. The Hall–Kier alpha value is -1.16. The molecule has 1 fully saturated rings. The van der Waals surface area contributed by atoms with Gasteiger partial charge >= 0.3 is 0 Å². The van der Waals surface area contributed by atoms with Gasteiger partial charge in [-0.2, -0.15) is 10.2 Å². The van der Waals surface area contributed by atoms with Crippen LogP contribution in [-0.4, -0.2) is 27.5 Å². The van der Waals surface area contributed by atoms with Gasteiger partial charge in [0.25, 0.3) is 5.91 Å². The Kier molecular flexibility index (Phi) is 4.17. The van der Waals surface area contributed by atoms with Crippen LogP contribution in [0.1, 0.15) is 43.0 Å². The molecule has 1 aromatic rings. The van der Waals surface area contributed by atoms with Crippen molar-refractivity contribution >= 4 is 17.5 Å². The number of alkyl halides is 1. The number of hydrogen-bond acceptors (Lipinski definition) is 3. The Labute approximate surface area is 112 Å². The molecule has 1 aliphatic rings. The molecule has 0 spiro atoms. The highest BCUT2D eigenvalue weighted by Gasteiger charge is 2.35. The van der Waals surface area contributed by atoms with Gasteiger partial charge in [-0.25, -0.2) is 0 Å². The number of carbonyl (C=O) groups is 1. The number of carbonyl (C=O) groups excluding carboxylic acids is 1. The van der Waals surface area contributed by atoms with Crippen LogP contribution in [0, 0.1) is 5.92 Å². The summed E-state index contributed by atoms with van der Waals surface area (Å²) in [6.07, 6.45) is 7.11. The second-order valence-corrected chi connectivity index (χ2v) is 5.45. The molecule has 0 aliphatic heterocycles. The Morgan fingerprint density at radius 2 is 2.22 bits per heavy atom. The zero-order valence-corrected chi connectivity index (χ0v) is 11.3. The van der Waals surface area contributed by atoms with Crippen LogP contribution in [0.5, 0.6) is 0 Å². The summed E-state index contributed by atoms with van der Waals surface area (Å²) in [5.74, 6) is 1.07. The van der Waals surface area contributed by atoms with E-state index in [1.54, 1.807) is 6.07 Å². The van der Waals surface area contributed by atoms with E-state index in [2.05, 4.69) is 22.4 Å². The molecule has 0 aromatic carbocycles. The van der Waals surface area contributed by atoms with Crippen molar-refractivity contribution in [2.24, 2.45) is 5.92 Å². The summed E-state index contributed by atoms with van der Waals surface area (Å²) in [4.78, 5) is 12.1. The third kappa shape index (κ3) is 2.99. The number of hydrogen-bond donors (Lipinski definition) is 1. The molecule has 4 nitrogen and oxygen atoms in total. The molecule has 0 saturated heterocycles. The van der Waals surface area contributed by atoms with E-state index in [-0.39, 0.29) is 11.4 Å². The molecular weight excluding hydrogens is 250 g/mol. The highest BCUT2D eigenvalue weighted by Crippen LogP contribution is 2.32. The van der Waals surface area contributed by atoms with Crippen LogP contribution in [-0.2, 0) is 0 Å². The molecule has 2 rings (SSSR count). The molecule has 1 N–H and O–H groups in total. The maximum absolute atomic E-state index is 12.1. The van der Waals surface area contributed by atoms with Crippen molar-refractivity contribution < 1.29 is 4.79 Å². The smallest absolute Gasteiger partial charge is 0.253 e. The molecule has 1 aromatic heterocycles. The van der Waals surface area contributed by atoms with Gasteiger partial charge in [-0.05, 0) is 37.7 Å². The van der Waals surface area contributed by atoms with Crippen molar-refractivity contribution in [3.63, 3.8) is 0 Å². The number of rotatable bonds is 3. The van der Waals surface area contributed by atoms with Gasteiger partial charge in [-0.3, -0.25) is 4.79 Å². The molecule has 0 atom stereocenters. The van der Waals surface area contributed by atoms with Crippen molar-refractivity contribution in [1.82, 2.24) is 15.5 Å². The first kappa shape index (κ1) is 13.3. The Morgan fingerprint density at radius 3 is 2.78 bits per heavy atom. The lowest BCUT2D eigenvalue weighted by molar-refractivity contribution is 0.0872. The third-order valence-corrected chi connectivity index (χ3v) is 4.22. The van der Waals surface area contributed by atoms with Gasteiger partial charge in [0.05, 0.1) is 23.5 Å². The number of aromatic nitrogens is 2. The fourth-order valence-electron chi connectivity index (χ4n) is 2.34. The first-order chi connectivity index (χ1) is 8.65. The van der Waals surface area contributed by atoms with Crippen molar-refractivity contribution in [3.05, 3.63) is 24.0 Å². The van der Waals surface area contributed by atoms with Crippen LogP contribution >= 0.6 is 11.6 Å². The molecule has 0 unspecified atom stereocenters. The molecule has 98 valence electrons. The summed E-state index contributed by atoms with van der Waals surface area (Å²) >= 11 is 6.07. The lowest BCUT2D eigenvalue weighted by Crippen LogP contribution is -2.52. The molecular formula is C13H18ClN3O. The number of nitrogens with one attached hydrogen (secondary N) is 1. The van der Waals surface area contributed by atoms with E-state index < -0.39 is 0 Å². The molecule has 1 heterocycles. The number of nitrogens with zero attached hydrogens (tertiary/aromatic N) is 2. The third-order valence-electron chi connectivity index (χ3n) is 3.71. The maximum Gasteiger partial charge on any atom is 0.253 e. The van der Waals surface area contributed by atoms with E-state index in [1.807, 2.05) is 0 Å². The predicted molar refractivity (Wildman–Crippen MR) is 70.6 cm³/mol. The van der Waals surface area contributed by atoms with Gasteiger partial charge < -0.3 is 5.32 Å². The van der Waals surface area contributed by atoms with Crippen molar-refractivity contribution in [1.29, 1.82) is 0 Å². The zero-order chi connectivity index (χ0) is 13.0. The van der Waals surface area contributed by atoms with Crippen LogP contribution < -0.4 is 5.32 Å². The minimum absolute atomic E-state index is 0.111. The van der Waals surface area contributed by atoms with Gasteiger partial charge in [-0.15, -0.1) is 11.6 Å². The summed E-state index contributed by atoms with van der Waals surface area (Å²) in [5, 5.41) is 10.5. The summed E-state index contributed by atoms with van der Waals surface area (Å²) < 4.78 is 0. The Morgan fingerprint density at radius 1 is 1.50 bits per heavy atom. The lowest BCUT2D eigenvalue weighted by Gasteiger charge is -2.38. The highest BCUT2D eigenvalue weighted by atomic mass is 35.5. The van der Waals surface area contributed by atoms with E-state index in [1.165, 1.54) is 12.4 Å². The van der Waals surface area contributed by atoms with E-state index in [9.17, 15) is 4.79 Å². The maximum atomic E-state index is 12.1. The molecule has 1 amide bonds.